The van der Waals surface area contributed by atoms with Crippen molar-refractivity contribution in [3.05, 3.63) is 18.2 Å². The molecule has 1 aromatic heterocycles. The van der Waals surface area contributed by atoms with Gasteiger partial charge in [-0.05, 0) is 0 Å². The van der Waals surface area contributed by atoms with E-state index in [4.69, 9.17) is 5.73 Å². The lowest BCUT2D eigenvalue weighted by atomic mass is 10.5. The number of nitrogens with two attached hydrogens (primary N) is 1. The molecule has 0 aromatic carbocycles. The number of imidazole rings is 1. The maximum Gasteiger partial charge on any atom is 0.449 e. The second-order valence-electron chi connectivity index (χ2n) is 2.34. The van der Waals surface area contributed by atoms with E-state index in [0.29, 0.717) is 4.57 Å². The third-order valence-corrected chi connectivity index (χ3v) is 1.30. The summed E-state index contributed by atoms with van der Waals surface area (Å²) in [6.07, 6.45) is -2.54. The summed E-state index contributed by atoms with van der Waals surface area (Å²) in [6.45, 7) is -0.519. The lowest BCUT2D eigenvalue weighted by Crippen LogP contribution is -2.23. The Hall–Kier alpha value is -1.53. The lowest BCUT2D eigenvalue weighted by molar-refractivity contribution is -0.147. The quantitative estimate of drug-likeness (QED) is 0.738. The maximum atomic E-state index is 12.1. The van der Waals surface area contributed by atoms with E-state index < -0.39 is 24.5 Å². The first kappa shape index (κ1) is 9.56. The predicted octanol–water partition coefficient (Wildman–Crippen LogP) is 0.387. The second-order valence-corrected chi connectivity index (χ2v) is 2.34. The average molecular weight is 193 g/mol. The van der Waals surface area contributed by atoms with Crippen molar-refractivity contribution in [2.75, 3.05) is 0 Å². The van der Waals surface area contributed by atoms with Crippen LogP contribution in [0.1, 0.15) is 5.82 Å². The summed E-state index contributed by atoms with van der Waals surface area (Å²) < 4.78 is 36.9. The van der Waals surface area contributed by atoms with E-state index in [-0.39, 0.29) is 0 Å². The summed E-state index contributed by atoms with van der Waals surface area (Å²) in [7, 11) is 0. The minimum Gasteiger partial charge on any atom is -0.368 e. The van der Waals surface area contributed by atoms with Crippen LogP contribution in [0.25, 0.3) is 0 Å². The van der Waals surface area contributed by atoms with Crippen LogP contribution in [0.2, 0.25) is 0 Å². The molecule has 0 atom stereocenters. The number of aromatic nitrogens is 2. The van der Waals surface area contributed by atoms with Crippen molar-refractivity contribution >= 4 is 5.91 Å². The molecule has 1 aromatic rings. The van der Waals surface area contributed by atoms with Crippen molar-refractivity contribution < 1.29 is 18.0 Å². The lowest BCUT2D eigenvalue weighted by Gasteiger charge is -2.07. The SMILES string of the molecule is NC(=O)Cn1ccnc1C(F)(F)F. The average Bonchev–Trinajstić information content (AvgIpc) is 2.31. The van der Waals surface area contributed by atoms with Crippen LogP contribution in [0.5, 0.6) is 0 Å². The van der Waals surface area contributed by atoms with Gasteiger partial charge in [0.15, 0.2) is 0 Å². The van der Waals surface area contributed by atoms with Gasteiger partial charge in [0.25, 0.3) is 0 Å². The molecule has 1 amide bonds. The Kier molecular flexibility index (Phi) is 2.26. The highest BCUT2D eigenvalue weighted by molar-refractivity contribution is 5.73. The highest BCUT2D eigenvalue weighted by atomic mass is 19.4. The highest BCUT2D eigenvalue weighted by Gasteiger charge is 2.36. The molecule has 72 valence electrons. The molecule has 1 rings (SSSR count). The number of amides is 1. The zero-order chi connectivity index (χ0) is 10.1. The molecule has 4 nitrogen and oxygen atoms in total. The minimum atomic E-state index is -4.56. The van der Waals surface area contributed by atoms with Gasteiger partial charge in [-0.25, -0.2) is 4.98 Å². The molecule has 0 saturated carbocycles. The van der Waals surface area contributed by atoms with Gasteiger partial charge < -0.3 is 10.3 Å². The van der Waals surface area contributed by atoms with Crippen LogP contribution in [0, 0.1) is 0 Å². The van der Waals surface area contributed by atoms with E-state index in [9.17, 15) is 18.0 Å². The Balaban J connectivity index is 2.96. The Labute approximate surface area is 71.2 Å². The molecule has 0 saturated heterocycles. The maximum absolute atomic E-state index is 12.1. The topological polar surface area (TPSA) is 60.9 Å². The number of carbonyl (C=O) groups excluding carboxylic acids is 1. The Morgan fingerprint density at radius 1 is 1.62 bits per heavy atom. The van der Waals surface area contributed by atoms with Gasteiger partial charge >= 0.3 is 6.18 Å². The number of carbonyl (C=O) groups is 1. The molecule has 0 aliphatic carbocycles. The molecule has 0 aliphatic heterocycles. The van der Waals surface area contributed by atoms with E-state index >= 15 is 0 Å². The zero-order valence-electron chi connectivity index (χ0n) is 6.38. The molecular formula is C6H6F3N3O. The molecular weight excluding hydrogens is 187 g/mol. The molecule has 13 heavy (non-hydrogen) atoms. The van der Waals surface area contributed by atoms with Crippen molar-refractivity contribution in [1.82, 2.24) is 9.55 Å². The zero-order valence-corrected chi connectivity index (χ0v) is 6.38. The summed E-state index contributed by atoms with van der Waals surface area (Å²) in [5.74, 6) is -1.96. The van der Waals surface area contributed by atoms with Crippen molar-refractivity contribution in [2.24, 2.45) is 5.73 Å². The number of halogens is 3. The first-order chi connectivity index (χ1) is 5.91. The van der Waals surface area contributed by atoms with Gasteiger partial charge in [0.05, 0.1) is 0 Å². The summed E-state index contributed by atoms with van der Waals surface area (Å²) >= 11 is 0. The number of hydrogen-bond acceptors (Lipinski definition) is 2. The molecule has 0 unspecified atom stereocenters. The van der Waals surface area contributed by atoms with E-state index in [1.165, 1.54) is 0 Å². The molecule has 7 heteroatoms. The number of hydrogen-bond donors (Lipinski definition) is 1. The summed E-state index contributed by atoms with van der Waals surface area (Å²) in [5.41, 5.74) is 4.74. The van der Waals surface area contributed by atoms with Crippen LogP contribution < -0.4 is 5.73 Å². The van der Waals surface area contributed by atoms with Crippen LogP contribution in [-0.2, 0) is 17.5 Å². The van der Waals surface area contributed by atoms with Crippen molar-refractivity contribution in [2.45, 2.75) is 12.7 Å². The van der Waals surface area contributed by atoms with Gasteiger partial charge in [-0.2, -0.15) is 13.2 Å². The Bertz CT molecular complexity index is 317. The third kappa shape index (κ3) is 2.20. The molecule has 0 fully saturated rings. The first-order valence-electron chi connectivity index (χ1n) is 3.28. The molecule has 1 heterocycles. The first-order valence-corrected chi connectivity index (χ1v) is 3.28. The van der Waals surface area contributed by atoms with Crippen LogP contribution in [-0.4, -0.2) is 15.5 Å². The number of rotatable bonds is 2. The van der Waals surface area contributed by atoms with Gasteiger partial charge in [0.2, 0.25) is 11.7 Å². The Morgan fingerprint density at radius 2 is 2.23 bits per heavy atom. The highest BCUT2D eigenvalue weighted by Crippen LogP contribution is 2.27. The number of primary amides is 1. The number of nitrogens with zero attached hydrogens (tertiary/aromatic N) is 2. The van der Waals surface area contributed by atoms with Crippen molar-refractivity contribution in [3.8, 4) is 0 Å². The van der Waals surface area contributed by atoms with Gasteiger partial charge in [-0.3, -0.25) is 4.79 Å². The molecule has 0 aliphatic rings. The van der Waals surface area contributed by atoms with E-state index in [2.05, 4.69) is 4.98 Å². The van der Waals surface area contributed by atoms with Crippen LogP contribution in [0.15, 0.2) is 12.4 Å². The fourth-order valence-electron chi connectivity index (χ4n) is 0.861. The second kappa shape index (κ2) is 3.08. The largest absolute Gasteiger partial charge is 0.449 e. The van der Waals surface area contributed by atoms with E-state index in [0.717, 1.165) is 12.4 Å². The normalized spacial score (nSPS) is 11.6. The summed E-state index contributed by atoms with van der Waals surface area (Å²) in [5, 5.41) is 0. The fraction of sp³-hybridized carbons (Fsp3) is 0.333. The van der Waals surface area contributed by atoms with Crippen LogP contribution in [0.3, 0.4) is 0 Å². The minimum absolute atomic E-state index is 0.519. The Morgan fingerprint density at radius 3 is 2.69 bits per heavy atom. The molecule has 0 bridgehead atoms. The smallest absolute Gasteiger partial charge is 0.368 e. The molecule has 0 radical (unpaired) electrons. The summed E-state index contributed by atoms with van der Waals surface area (Å²) in [4.78, 5) is 13.4. The standard InChI is InChI=1S/C6H6F3N3O/c7-6(8,9)5-11-1-2-12(5)3-4(10)13/h1-2H,3H2,(H2,10,13). The van der Waals surface area contributed by atoms with Gasteiger partial charge in [-0.1, -0.05) is 0 Å². The predicted molar refractivity (Wildman–Crippen MR) is 36.4 cm³/mol. The number of alkyl halides is 3. The molecule has 2 N–H and O–H groups in total. The van der Waals surface area contributed by atoms with E-state index in [1.807, 2.05) is 0 Å². The van der Waals surface area contributed by atoms with Gasteiger partial charge in [0, 0.05) is 12.4 Å². The fourth-order valence-corrected chi connectivity index (χ4v) is 0.861. The van der Waals surface area contributed by atoms with Crippen molar-refractivity contribution in [3.63, 3.8) is 0 Å². The summed E-state index contributed by atoms with van der Waals surface area (Å²) in [6, 6.07) is 0. The van der Waals surface area contributed by atoms with Crippen LogP contribution >= 0.6 is 0 Å². The monoisotopic (exact) mass is 193 g/mol. The van der Waals surface area contributed by atoms with Gasteiger partial charge in [-0.15, -0.1) is 0 Å². The molecule has 0 spiro atoms. The van der Waals surface area contributed by atoms with Gasteiger partial charge in [0.1, 0.15) is 6.54 Å². The van der Waals surface area contributed by atoms with E-state index in [1.54, 1.807) is 0 Å². The van der Waals surface area contributed by atoms with Crippen molar-refractivity contribution in [1.29, 1.82) is 0 Å². The third-order valence-electron chi connectivity index (χ3n) is 1.30. The van der Waals surface area contributed by atoms with Crippen LogP contribution in [0.4, 0.5) is 13.2 Å².